The summed E-state index contributed by atoms with van der Waals surface area (Å²) in [7, 11) is -2.12. The van der Waals surface area contributed by atoms with Crippen LogP contribution < -0.4 is 4.72 Å². The molecule has 150 valence electrons. The molecule has 0 amide bonds. The Labute approximate surface area is 166 Å². The van der Waals surface area contributed by atoms with Gasteiger partial charge in [-0.25, -0.2) is 13.1 Å². The van der Waals surface area contributed by atoms with Crippen LogP contribution in [0.15, 0.2) is 24.3 Å². The lowest BCUT2D eigenvalue weighted by molar-refractivity contribution is -0.128. The van der Waals surface area contributed by atoms with E-state index in [0.717, 1.165) is 12.0 Å². The van der Waals surface area contributed by atoms with Crippen LogP contribution in [0.3, 0.4) is 0 Å². The molecule has 5 nitrogen and oxygen atoms in total. The van der Waals surface area contributed by atoms with E-state index >= 15 is 0 Å². The summed E-state index contributed by atoms with van der Waals surface area (Å²) in [5.41, 5.74) is -1.13. The highest BCUT2D eigenvalue weighted by atomic mass is 35.5. The number of ketones is 1. The van der Waals surface area contributed by atoms with E-state index < -0.39 is 21.0 Å². The Bertz CT molecular complexity index is 853. The zero-order valence-electron chi connectivity index (χ0n) is 16.3. The maximum Gasteiger partial charge on any atom is 0.212 e. The van der Waals surface area contributed by atoms with Gasteiger partial charge < -0.3 is 4.74 Å². The van der Waals surface area contributed by atoms with Crippen molar-refractivity contribution in [3.8, 4) is 0 Å². The van der Waals surface area contributed by atoms with Crippen LogP contribution in [0.4, 0.5) is 0 Å². The quantitative estimate of drug-likeness (QED) is 0.742. The first-order valence-corrected chi connectivity index (χ1v) is 11.3. The van der Waals surface area contributed by atoms with Crippen LogP contribution in [-0.4, -0.2) is 33.6 Å². The molecular weight excluding hydrogens is 386 g/mol. The third-order valence-corrected chi connectivity index (χ3v) is 8.78. The lowest BCUT2D eigenvalue weighted by atomic mass is 9.70. The second kappa shape index (κ2) is 6.83. The number of fused-ring (bicyclic) bond motifs is 2. The lowest BCUT2D eigenvalue weighted by Gasteiger charge is -2.36. The summed E-state index contributed by atoms with van der Waals surface area (Å²) in [6.45, 7) is 5.96. The number of halogens is 1. The fraction of sp³-hybridized carbons (Fsp3) is 0.650. The average Bonchev–Trinajstić information content (AvgIpc) is 2.93. The number of hydrogen-bond donors (Lipinski definition) is 1. The van der Waals surface area contributed by atoms with Crippen molar-refractivity contribution in [2.24, 2.45) is 16.7 Å². The van der Waals surface area contributed by atoms with Gasteiger partial charge >= 0.3 is 0 Å². The van der Waals surface area contributed by atoms with Crippen LogP contribution in [0.1, 0.15) is 45.6 Å². The molecule has 0 unspecified atom stereocenters. The second-order valence-electron chi connectivity index (χ2n) is 8.69. The molecule has 2 bridgehead atoms. The van der Waals surface area contributed by atoms with E-state index in [2.05, 4.69) is 4.72 Å². The first-order chi connectivity index (χ1) is 12.5. The highest BCUT2D eigenvalue weighted by Crippen LogP contribution is 2.64. The van der Waals surface area contributed by atoms with Gasteiger partial charge in [0.15, 0.2) is 0 Å². The maximum absolute atomic E-state index is 12.9. The molecule has 0 aliphatic heterocycles. The third kappa shape index (κ3) is 3.46. The fourth-order valence-electron chi connectivity index (χ4n) is 4.84. The summed E-state index contributed by atoms with van der Waals surface area (Å²) in [4.78, 5) is 12.6. The minimum atomic E-state index is -3.66. The van der Waals surface area contributed by atoms with Gasteiger partial charge in [0, 0.05) is 30.5 Å². The van der Waals surface area contributed by atoms with Crippen LogP contribution in [-0.2, 0) is 25.2 Å². The Kier molecular flexibility index (Phi) is 5.26. The number of methoxy groups -OCH3 is 1. The van der Waals surface area contributed by atoms with Crippen molar-refractivity contribution in [3.63, 3.8) is 0 Å². The van der Waals surface area contributed by atoms with Gasteiger partial charge in [0.05, 0.1) is 5.75 Å². The summed E-state index contributed by atoms with van der Waals surface area (Å²) >= 11 is 6.07. The van der Waals surface area contributed by atoms with Gasteiger partial charge in [0.2, 0.25) is 10.0 Å². The molecule has 0 spiro atoms. The number of benzene rings is 1. The summed E-state index contributed by atoms with van der Waals surface area (Å²) in [5.74, 6) is 0.229. The molecule has 0 heterocycles. The molecule has 2 saturated carbocycles. The van der Waals surface area contributed by atoms with Gasteiger partial charge in [-0.05, 0) is 48.8 Å². The highest BCUT2D eigenvalue weighted by Gasteiger charge is 2.65. The summed E-state index contributed by atoms with van der Waals surface area (Å²) in [5, 5.41) is 0.563. The highest BCUT2D eigenvalue weighted by molar-refractivity contribution is 7.89. The number of carbonyl (C=O) groups excluding carboxylic acids is 1. The molecule has 0 saturated heterocycles. The maximum atomic E-state index is 12.9. The topological polar surface area (TPSA) is 72.5 Å². The molecule has 2 fully saturated rings. The van der Waals surface area contributed by atoms with E-state index in [0.29, 0.717) is 17.9 Å². The molecule has 1 N–H and O–H groups in total. The molecule has 7 heteroatoms. The standard InChI is InChI=1S/C20H28ClNO4S/c1-18(2)14-8-9-20(18,17(23)11-14)13-27(24,25)22-12-19(3,26-4)15-6-5-7-16(21)10-15/h5-7,10,14,22H,8-9,11-13H2,1-4H3/t14-,19+,20-/m0/s1. The number of ether oxygens (including phenoxy) is 1. The number of Topliss-reactive ketones (excluding diaryl/α,β-unsaturated/α-hetero) is 1. The van der Waals surface area contributed by atoms with Crippen molar-refractivity contribution < 1.29 is 17.9 Å². The van der Waals surface area contributed by atoms with E-state index in [4.69, 9.17) is 16.3 Å². The zero-order valence-corrected chi connectivity index (χ0v) is 17.9. The lowest BCUT2D eigenvalue weighted by Crippen LogP contribution is -2.48. The van der Waals surface area contributed by atoms with Crippen LogP contribution in [0.2, 0.25) is 5.02 Å². The third-order valence-electron chi connectivity index (χ3n) is 7.09. The minimum Gasteiger partial charge on any atom is -0.372 e. The van der Waals surface area contributed by atoms with Gasteiger partial charge in [-0.2, -0.15) is 0 Å². The van der Waals surface area contributed by atoms with Gasteiger partial charge in [0.25, 0.3) is 0 Å². The van der Waals surface area contributed by atoms with E-state index in [1.54, 1.807) is 25.3 Å². The number of carbonyl (C=O) groups is 1. The molecule has 0 aromatic heterocycles. The van der Waals surface area contributed by atoms with Crippen molar-refractivity contribution in [3.05, 3.63) is 34.9 Å². The first kappa shape index (κ1) is 20.8. The molecule has 1 aromatic rings. The summed E-state index contributed by atoms with van der Waals surface area (Å²) < 4.78 is 34.1. The Hall–Kier alpha value is -0.950. The summed E-state index contributed by atoms with van der Waals surface area (Å²) in [6, 6.07) is 7.19. The van der Waals surface area contributed by atoms with E-state index in [1.807, 2.05) is 26.8 Å². The fourth-order valence-corrected chi connectivity index (χ4v) is 6.95. The van der Waals surface area contributed by atoms with Crippen LogP contribution in [0.25, 0.3) is 0 Å². The Morgan fingerprint density at radius 3 is 2.59 bits per heavy atom. The van der Waals surface area contributed by atoms with Gasteiger partial charge in [0.1, 0.15) is 11.4 Å². The van der Waals surface area contributed by atoms with Crippen LogP contribution in [0.5, 0.6) is 0 Å². The SMILES string of the molecule is CO[C@](C)(CNS(=O)(=O)C[C@@]12CC[C@@H](CC1=O)C2(C)C)c1cccc(Cl)c1. The van der Waals surface area contributed by atoms with Gasteiger partial charge in [-0.15, -0.1) is 0 Å². The van der Waals surface area contributed by atoms with Crippen LogP contribution >= 0.6 is 11.6 Å². The van der Waals surface area contributed by atoms with Gasteiger partial charge in [-0.3, -0.25) is 4.79 Å². The second-order valence-corrected chi connectivity index (χ2v) is 10.9. The minimum absolute atomic E-state index is 0.0697. The molecular formula is C20H28ClNO4S. The Morgan fingerprint density at radius 1 is 1.37 bits per heavy atom. The predicted molar refractivity (Wildman–Crippen MR) is 106 cm³/mol. The van der Waals surface area contributed by atoms with Crippen molar-refractivity contribution in [1.29, 1.82) is 0 Å². The van der Waals surface area contributed by atoms with E-state index in [1.165, 1.54) is 0 Å². The normalized spacial score (nSPS) is 29.1. The molecule has 27 heavy (non-hydrogen) atoms. The number of hydrogen-bond acceptors (Lipinski definition) is 4. The number of rotatable bonds is 7. The number of nitrogens with one attached hydrogen (secondary N) is 1. The monoisotopic (exact) mass is 413 g/mol. The van der Waals surface area contributed by atoms with Crippen LogP contribution in [0, 0.1) is 16.7 Å². The molecule has 2 aliphatic carbocycles. The smallest absolute Gasteiger partial charge is 0.212 e. The number of sulfonamides is 1. The molecule has 3 atom stereocenters. The Balaban J connectivity index is 1.78. The van der Waals surface area contributed by atoms with E-state index in [-0.39, 0.29) is 29.4 Å². The Morgan fingerprint density at radius 2 is 2.07 bits per heavy atom. The molecule has 3 rings (SSSR count). The molecule has 2 aliphatic rings. The molecule has 0 radical (unpaired) electrons. The first-order valence-electron chi connectivity index (χ1n) is 9.28. The van der Waals surface area contributed by atoms with Crippen molar-refractivity contribution in [2.75, 3.05) is 19.4 Å². The summed E-state index contributed by atoms with van der Waals surface area (Å²) in [6.07, 6.45) is 2.08. The van der Waals surface area contributed by atoms with Gasteiger partial charge in [-0.1, -0.05) is 37.6 Å². The van der Waals surface area contributed by atoms with E-state index in [9.17, 15) is 13.2 Å². The largest absolute Gasteiger partial charge is 0.372 e. The zero-order chi connectivity index (χ0) is 20.1. The van der Waals surface area contributed by atoms with Crippen molar-refractivity contribution in [2.45, 2.75) is 45.6 Å². The van der Waals surface area contributed by atoms with Crippen molar-refractivity contribution >= 4 is 27.4 Å². The van der Waals surface area contributed by atoms with Crippen molar-refractivity contribution in [1.82, 2.24) is 4.72 Å². The average molecular weight is 414 g/mol. The predicted octanol–water partition coefficient (Wildman–Crippen LogP) is 3.52. The molecule has 1 aromatic carbocycles.